The molecule has 2 N–H and O–H groups in total. The van der Waals surface area contributed by atoms with Crippen molar-refractivity contribution in [1.82, 2.24) is 20.5 Å². The Morgan fingerprint density at radius 2 is 2.14 bits per heavy atom. The molecular formula is C21H33N5O2. The van der Waals surface area contributed by atoms with E-state index in [1.807, 2.05) is 30.9 Å². The molecule has 0 bridgehead atoms. The molecule has 154 valence electrons. The summed E-state index contributed by atoms with van der Waals surface area (Å²) in [6.45, 7) is 6.01. The van der Waals surface area contributed by atoms with Crippen LogP contribution < -0.4 is 15.4 Å². The molecule has 2 aliphatic rings. The SMILES string of the molecule is CN=C(NCc1cccnc1OC1CCCC1)NC1CCN(C(=O)C(C)C)C1. The van der Waals surface area contributed by atoms with Gasteiger partial charge in [0.05, 0.1) is 0 Å². The third-order valence-corrected chi connectivity index (χ3v) is 5.44. The smallest absolute Gasteiger partial charge is 0.225 e. The number of aliphatic imine (C=N–C) groups is 1. The summed E-state index contributed by atoms with van der Waals surface area (Å²) < 4.78 is 6.11. The Kier molecular flexibility index (Phi) is 7.12. The van der Waals surface area contributed by atoms with Gasteiger partial charge in [-0.3, -0.25) is 9.79 Å². The summed E-state index contributed by atoms with van der Waals surface area (Å²) >= 11 is 0. The number of hydrogen-bond donors (Lipinski definition) is 2. The van der Waals surface area contributed by atoms with Crippen molar-refractivity contribution in [3.63, 3.8) is 0 Å². The van der Waals surface area contributed by atoms with Crippen LogP contribution in [-0.2, 0) is 11.3 Å². The number of pyridine rings is 1. The number of hydrogen-bond acceptors (Lipinski definition) is 4. The van der Waals surface area contributed by atoms with E-state index in [1.165, 1.54) is 12.8 Å². The minimum absolute atomic E-state index is 0.0417. The highest BCUT2D eigenvalue weighted by atomic mass is 16.5. The first-order valence-electron chi connectivity index (χ1n) is 10.4. The summed E-state index contributed by atoms with van der Waals surface area (Å²) in [6.07, 6.45) is 7.69. The number of rotatable bonds is 6. The number of amides is 1. The lowest BCUT2D eigenvalue weighted by molar-refractivity contribution is -0.133. The normalized spacial score (nSPS) is 20.6. The molecule has 0 aromatic carbocycles. The standard InChI is InChI=1S/C21H33N5O2/c1-15(2)20(27)26-12-10-17(14-26)25-21(22-3)24-13-16-7-6-11-23-19(16)28-18-8-4-5-9-18/h6-7,11,15,17-18H,4-5,8-10,12-14H2,1-3H3,(H2,22,24,25). The predicted molar refractivity (Wildman–Crippen MR) is 110 cm³/mol. The summed E-state index contributed by atoms with van der Waals surface area (Å²) in [5.41, 5.74) is 1.03. The molecule has 1 amide bonds. The molecule has 7 heteroatoms. The fraction of sp³-hybridized carbons (Fsp3) is 0.667. The molecular weight excluding hydrogens is 354 g/mol. The van der Waals surface area contributed by atoms with Crippen LogP contribution in [0.4, 0.5) is 0 Å². The van der Waals surface area contributed by atoms with E-state index in [0.29, 0.717) is 12.4 Å². The van der Waals surface area contributed by atoms with E-state index in [4.69, 9.17) is 4.74 Å². The second-order valence-corrected chi connectivity index (χ2v) is 7.99. The van der Waals surface area contributed by atoms with Crippen molar-refractivity contribution in [2.24, 2.45) is 10.9 Å². The second-order valence-electron chi connectivity index (χ2n) is 7.99. The molecule has 7 nitrogen and oxygen atoms in total. The van der Waals surface area contributed by atoms with Crippen LogP contribution in [0.2, 0.25) is 0 Å². The van der Waals surface area contributed by atoms with Crippen molar-refractivity contribution >= 4 is 11.9 Å². The van der Waals surface area contributed by atoms with Crippen LogP contribution in [-0.4, -0.2) is 54.0 Å². The topological polar surface area (TPSA) is 78.9 Å². The van der Waals surface area contributed by atoms with E-state index in [-0.39, 0.29) is 24.0 Å². The highest BCUT2D eigenvalue weighted by Crippen LogP contribution is 2.25. The minimum atomic E-state index is 0.0417. The van der Waals surface area contributed by atoms with Crippen molar-refractivity contribution in [2.45, 2.75) is 64.6 Å². The van der Waals surface area contributed by atoms with Crippen LogP contribution >= 0.6 is 0 Å². The van der Waals surface area contributed by atoms with Gasteiger partial charge in [-0.15, -0.1) is 0 Å². The van der Waals surface area contributed by atoms with Crippen molar-refractivity contribution in [1.29, 1.82) is 0 Å². The Bertz CT molecular complexity index is 685. The van der Waals surface area contributed by atoms with Crippen molar-refractivity contribution < 1.29 is 9.53 Å². The van der Waals surface area contributed by atoms with Gasteiger partial charge in [-0.1, -0.05) is 19.9 Å². The van der Waals surface area contributed by atoms with Gasteiger partial charge in [0.2, 0.25) is 11.8 Å². The average Bonchev–Trinajstić information content (AvgIpc) is 3.37. The lowest BCUT2D eigenvalue weighted by Gasteiger charge is -2.21. The van der Waals surface area contributed by atoms with E-state index in [2.05, 4.69) is 20.6 Å². The number of likely N-dealkylation sites (tertiary alicyclic amines) is 1. The third-order valence-electron chi connectivity index (χ3n) is 5.44. The van der Waals surface area contributed by atoms with Gasteiger partial charge in [0, 0.05) is 50.4 Å². The highest BCUT2D eigenvalue weighted by Gasteiger charge is 2.28. The molecule has 1 atom stereocenters. The lowest BCUT2D eigenvalue weighted by Crippen LogP contribution is -2.45. The monoisotopic (exact) mass is 387 g/mol. The maximum Gasteiger partial charge on any atom is 0.225 e. The maximum absolute atomic E-state index is 12.2. The van der Waals surface area contributed by atoms with E-state index in [1.54, 1.807) is 13.2 Å². The van der Waals surface area contributed by atoms with Gasteiger partial charge in [-0.25, -0.2) is 4.98 Å². The van der Waals surface area contributed by atoms with E-state index < -0.39 is 0 Å². The van der Waals surface area contributed by atoms with Gasteiger partial charge in [-0.05, 0) is 38.2 Å². The molecule has 1 saturated heterocycles. The zero-order valence-corrected chi connectivity index (χ0v) is 17.3. The molecule has 28 heavy (non-hydrogen) atoms. The second kappa shape index (κ2) is 9.75. The summed E-state index contributed by atoms with van der Waals surface area (Å²) in [5, 5.41) is 6.80. The van der Waals surface area contributed by atoms with Crippen LogP contribution in [0, 0.1) is 5.92 Å². The lowest BCUT2D eigenvalue weighted by atomic mass is 10.2. The molecule has 0 spiro atoms. The molecule has 1 saturated carbocycles. The first kappa shape index (κ1) is 20.4. The third kappa shape index (κ3) is 5.36. The molecule has 0 radical (unpaired) electrons. The number of aromatic nitrogens is 1. The van der Waals surface area contributed by atoms with Gasteiger partial charge in [0.1, 0.15) is 6.10 Å². The zero-order chi connectivity index (χ0) is 19.9. The summed E-state index contributed by atoms with van der Waals surface area (Å²) in [6, 6.07) is 4.19. The van der Waals surface area contributed by atoms with E-state index >= 15 is 0 Å². The Morgan fingerprint density at radius 3 is 2.86 bits per heavy atom. The summed E-state index contributed by atoms with van der Waals surface area (Å²) in [4.78, 5) is 22.9. The van der Waals surface area contributed by atoms with Crippen molar-refractivity contribution in [3.8, 4) is 5.88 Å². The van der Waals surface area contributed by atoms with Crippen LogP contribution in [0.15, 0.2) is 23.3 Å². The quantitative estimate of drug-likeness (QED) is 0.579. The van der Waals surface area contributed by atoms with Crippen LogP contribution in [0.3, 0.4) is 0 Å². The largest absolute Gasteiger partial charge is 0.474 e. The minimum Gasteiger partial charge on any atom is -0.474 e. The van der Waals surface area contributed by atoms with E-state index in [0.717, 1.165) is 43.9 Å². The number of nitrogens with zero attached hydrogens (tertiary/aromatic N) is 3. The molecule has 1 aromatic heterocycles. The van der Waals surface area contributed by atoms with Crippen molar-refractivity contribution in [2.75, 3.05) is 20.1 Å². The molecule has 1 unspecified atom stereocenters. The zero-order valence-electron chi connectivity index (χ0n) is 17.3. The number of ether oxygens (including phenoxy) is 1. The Balaban J connectivity index is 1.51. The summed E-state index contributed by atoms with van der Waals surface area (Å²) in [5.74, 6) is 1.71. The van der Waals surface area contributed by atoms with E-state index in [9.17, 15) is 4.79 Å². The highest BCUT2D eigenvalue weighted by molar-refractivity contribution is 5.81. The fourth-order valence-electron chi connectivity index (χ4n) is 3.84. The molecule has 1 aliphatic heterocycles. The Labute approximate surface area is 168 Å². The first-order valence-corrected chi connectivity index (χ1v) is 10.4. The van der Waals surface area contributed by atoms with Crippen LogP contribution in [0.25, 0.3) is 0 Å². The Morgan fingerprint density at radius 1 is 1.36 bits per heavy atom. The van der Waals surface area contributed by atoms with Gasteiger partial charge < -0.3 is 20.3 Å². The predicted octanol–water partition coefficient (Wildman–Crippen LogP) is 2.32. The molecule has 2 fully saturated rings. The molecule has 1 aromatic rings. The Hall–Kier alpha value is -2.31. The molecule has 3 rings (SSSR count). The number of carbonyl (C=O) groups is 1. The van der Waals surface area contributed by atoms with Gasteiger partial charge in [0.15, 0.2) is 5.96 Å². The fourth-order valence-corrected chi connectivity index (χ4v) is 3.84. The van der Waals surface area contributed by atoms with Crippen LogP contribution in [0.5, 0.6) is 5.88 Å². The van der Waals surface area contributed by atoms with Crippen molar-refractivity contribution in [3.05, 3.63) is 23.9 Å². The average molecular weight is 388 g/mol. The molecule has 1 aliphatic carbocycles. The number of nitrogens with one attached hydrogen (secondary N) is 2. The van der Waals surface area contributed by atoms with Gasteiger partial charge in [-0.2, -0.15) is 0 Å². The number of carbonyl (C=O) groups excluding carboxylic acids is 1. The molecule has 2 heterocycles. The number of guanidine groups is 1. The summed E-state index contributed by atoms with van der Waals surface area (Å²) in [7, 11) is 1.76. The van der Waals surface area contributed by atoms with Crippen LogP contribution in [0.1, 0.15) is 51.5 Å². The van der Waals surface area contributed by atoms with Gasteiger partial charge >= 0.3 is 0 Å². The van der Waals surface area contributed by atoms with Gasteiger partial charge in [0.25, 0.3) is 0 Å². The first-order chi connectivity index (χ1) is 13.6. The maximum atomic E-state index is 12.2.